The summed E-state index contributed by atoms with van der Waals surface area (Å²) < 4.78 is 58.3. The van der Waals surface area contributed by atoms with Crippen LogP contribution in [0.25, 0.3) is 96.8 Å². The number of hydrogen-bond acceptors (Lipinski definition) is 5. The molecular formula is C45H27N3S2. The van der Waals surface area contributed by atoms with Gasteiger partial charge in [0.05, 0.1) is 8.22 Å². The van der Waals surface area contributed by atoms with Gasteiger partial charge in [-0.05, 0) is 52.5 Å². The molecule has 0 radical (unpaired) electrons. The molecule has 0 fully saturated rings. The number of fused-ring (bicyclic) bond motifs is 6. The van der Waals surface area contributed by atoms with E-state index in [2.05, 4.69) is 30.3 Å². The highest BCUT2D eigenvalue weighted by molar-refractivity contribution is 7.26. The molecule has 0 unspecified atom stereocenters. The van der Waals surface area contributed by atoms with Gasteiger partial charge in [-0.2, -0.15) is 0 Å². The lowest BCUT2D eigenvalue weighted by Crippen LogP contribution is -2.00. The Balaban J connectivity index is 1.23. The highest BCUT2D eigenvalue weighted by Crippen LogP contribution is 2.41. The summed E-state index contributed by atoms with van der Waals surface area (Å²) >= 11 is 2.78. The summed E-state index contributed by atoms with van der Waals surface area (Å²) in [5.74, 6) is 0.817. The normalized spacial score (nSPS) is 13.3. The van der Waals surface area contributed by atoms with Crippen molar-refractivity contribution in [2.75, 3.05) is 0 Å². The van der Waals surface area contributed by atoms with E-state index in [1.54, 1.807) is 23.5 Å². The Morgan fingerprint density at radius 2 is 0.960 bits per heavy atom. The van der Waals surface area contributed by atoms with E-state index in [-0.39, 0.29) is 58.6 Å². The predicted molar refractivity (Wildman–Crippen MR) is 213 cm³/mol. The number of hydrogen-bond donors (Lipinski definition) is 0. The van der Waals surface area contributed by atoms with Crippen molar-refractivity contribution >= 4 is 63.0 Å². The highest BCUT2D eigenvalue weighted by Gasteiger charge is 2.18. The molecule has 50 heavy (non-hydrogen) atoms. The van der Waals surface area contributed by atoms with Gasteiger partial charge < -0.3 is 0 Å². The first-order valence-corrected chi connectivity index (χ1v) is 17.8. The summed E-state index contributed by atoms with van der Waals surface area (Å²) in [4.78, 5) is 14.9. The summed E-state index contributed by atoms with van der Waals surface area (Å²) in [5, 5.41) is 2.62. The third kappa shape index (κ3) is 4.98. The molecule has 0 aliphatic heterocycles. The van der Waals surface area contributed by atoms with Gasteiger partial charge in [-0.15, -0.1) is 22.7 Å². The van der Waals surface area contributed by atoms with Gasteiger partial charge in [0.15, 0.2) is 17.5 Å². The molecule has 0 amide bonds. The van der Waals surface area contributed by atoms with Gasteiger partial charge in [-0.25, -0.2) is 15.0 Å². The highest BCUT2D eigenvalue weighted by atomic mass is 32.1. The zero-order chi connectivity index (χ0) is 38.2. The van der Waals surface area contributed by atoms with Crippen LogP contribution in [0.3, 0.4) is 0 Å². The lowest BCUT2D eigenvalue weighted by Gasteiger charge is -2.10. The first-order valence-electron chi connectivity index (χ1n) is 19.1. The Morgan fingerprint density at radius 1 is 0.360 bits per heavy atom. The van der Waals surface area contributed by atoms with Crippen LogP contribution in [0.1, 0.15) is 8.22 Å². The van der Waals surface area contributed by atoms with Gasteiger partial charge in [0.2, 0.25) is 0 Å². The van der Waals surface area contributed by atoms with Crippen LogP contribution >= 0.6 is 22.7 Å². The molecule has 234 valence electrons. The first-order chi connectivity index (χ1) is 27.3. The van der Waals surface area contributed by atoms with Crippen molar-refractivity contribution in [2.24, 2.45) is 0 Å². The lowest BCUT2D eigenvalue weighted by atomic mass is 10.0. The average molecular weight is 680 g/mol. The fourth-order valence-corrected chi connectivity index (χ4v) is 8.49. The monoisotopic (exact) mass is 679 g/mol. The fraction of sp³-hybridized carbons (Fsp3) is 0. The Bertz CT molecular complexity index is 3200. The van der Waals surface area contributed by atoms with Crippen LogP contribution in [0.15, 0.2) is 164 Å². The number of nitrogens with zero attached hydrogens (tertiary/aromatic N) is 3. The van der Waals surface area contributed by atoms with Crippen molar-refractivity contribution in [1.29, 1.82) is 0 Å². The molecule has 3 heterocycles. The summed E-state index contributed by atoms with van der Waals surface area (Å²) in [5.41, 5.74) is 4.57. The summed E-state index contributed by atoms with van der Waals surface area (Å²) in [7, 11) is 0. The van der Waals surface area contributed by atoms with Crippen LogP contribution in [0.4, 0.5) is 0 Å². The Hall–Kier alpha value is -6.01. The summed E-state index contributed by atoms with van der Waals surface area (Å²) in [6.45, 7) is 0. The second-order valence-electron chi connectivity index (χ2n) is 11.9. The zero-order valence-corrected chi connectivity index (χ0v) is 27.9. The van der Waals surface area contributed by atoms with Crippen molar-refractivity contribution in [1.82, 2.24) is 15.0 Å². The van der Waals surface area contributed by atoms with E-state index in [0.29, 0.717) is 32.0 Å². The van der Waals surface area contributed by atoms with E-state index in [1.165, 1.54) is 0 Å². The minimum Gasteiger partial charge on any atom is -0.208 e. The second-order valence-corrected chi connectivity index (χ2v) is 14.0. The van der Waals surface area contributed by atoms with Crippen LogP contribution < -0.4 is 0 Å². The topological polar surface area (TPSA) is 38.7 Å². The minimum atomic E-state index is -0.258. The van der Waals surface area contributed by atoms with Crippen molar-refractivity contribution in [3.05, 3.63) is 164 Å². The summed E-state index contributed by atoms with van der Waals surface area (Å²) in [6.07, 6.45) is 0. The molecule has 7 aromatic carbocycles. The second kappa shape index (κ2) is 11.8. The quantitative estimate of drug-likeness (QED) is 0.182. The third-order valence-electron chi connectivity index (χ3n) is 8.83. The molecule has 3 aromatic heterocycles. The van der Waals surface area contributed by atoms with Crippen LogP contribution in [-0.4, -0.2) is 15.0 Å². The first kappa shape index (κ1) is 23.4. The van der Waals surface area contributed by atoms with Crippen LogP contribution in [0.5, 0.6) is 0 Å². The van der Waals surface area contributed by atoms with E-state index >= 15 is 0 Å². The molecule has 0 aliphatic carbocycles. The number of thiophene rings is 2. The average Bonchev–Trinajstić information content (AvgIpc) is 3.83. The van der Waals surface area contributed by atoms with Crippen molar-refractivity contribution < 1.29 is 8.22 Å². The van der Waals surface area contributed by atoms with Crippen LogP contribution in [-0.2, 0) is 0 Å². The number of rotatable bonds is 5. The largest absolute Gasteiger partial charge is 0.208 e. The van der Waals surface area contributed by atoms with E-state index < -0.39 is 0 Å². The van der Waals surface area contributed by atoms with Gasteiger partial charge in [-0.1, -0.05) is 133 Å². The smallest absolute Gasteiger partial charge is 0.164 e. The van der Waals surface area contributed by atoms with Gasteiger partial charge in [0, 0.05) is 57.0 Å². The van der Waals surface area contributed by atoms with E-state index in [0.717, 1.165) is 53.8 Å². The van der Waals surface area contributed by atoms with Gasteiger partial charge >= 0.3 is 0 Å². The zero-order valence-electron chi connectivity index (χ0n) is 32.3. The van der Waals surface area contributed by atoms with Crippen molar-refractivity contribution in [3.63, 3.8) is 0 Å². The molecule has 0 N–H and O–H groups in total. The van der Waals surface area contributed by atoms with Gasteiger partial charge in [0.1, 0.15) is 0 Å². The third-order valence-corrected chi connectivity index (χ3v) is 11.0. The van der Waals surface area contributed by atoms with Gasteiger partial charge in [0.25, 0.3) is 0 Å². The van der Waals surface area contributed by atoms with Crippen LogP contribution in [0, 0.1) is 0 Å². The summed E-state index contributed by atoms with van der Waals surface area (Å²) in [6, 6.07) is 40.6. The Kier molecular flexibility index (Phi) is 5.54. The Morgan fingerprint density at radius 3 is 1.76 bits per heavy atom. The lowest BCUT2D eigenvalue weighted by molar-refractivity contribution is 1.08. The molecule has 0 aliphatic rings. The number of aromatic nitrogens is 3. The van der Waals surface area contributed by atoms with Crippen molar-refractivity contribution in [3.8, 4) is 56.4 Å². The van der Waals surface area contributed by atoms with E-state index in [9.17, 15) is 5.48 Å². The molecule has 5 heteroatoms. The maximum atomic E-state index is 9.59. The number of benzene rings is 7. The van der Waals surface area contributed by atoms with E-state index in [4.69, 9.17) is 17.7 Å². The molecule has 0 saturated heterocycles. The van der Waals surface area contributed by atoms with Gasteiger partial charge in [-0.3, -0.25) is 0 Å². The molecule has 0 atom stereocenters. The Labute approximate surface area is 305 Å². The predicted octanol–water partition coefficient (Wildman–Crippen LogP) is 12.9. The maximum Gasteiger partial charge on any atom is 0.164 e. The fourth-order valence-electron chi connectivity index (χ4n) is 6.39. The van der Waals surface area contributed by atoms with Crippen molar-refractivity contribution in [2.45, 2.75) is 0 Å². The molecule has 0 spiro atoms. The molecule has 10 aromatic rings. The standard InChI is InChI=1S/C45H27N3S2/c1-3-10-28(11-4-1)30-18-20-31(21-19-30)43-46-44(48-45(47-43)36-15-9-17-40-42(36)35-14-7-8-16-38(35)49-40)33-22-24-34-37-26-32(29-12-5-2-6-13-29)23-25-39(37)50-41(34)27-33/h1-27H/i22D,23D,24D,25D,26D,27D. The maximum absolute atomic E-state index is 9.59. The van der Waals surface area contributed by atoms with Crippen LogP contribution in [0.2, 0.25) is 0 Å². The minimum absolute atomic E-state index is 0.00160. The molecule has 0 saturated carbocycles. The molecule has 10 rings (SSSR count). The SMILES string of the molecule is [2H]c1c(-c2ccccc2)c([2H])c2c(sc3c([2H])c(-c4nc(-c5ccc(-c6ccccc6)cc5)nc(-c5cccc6sc7ccccc7c56)n4)c([2H])c([2H])c32)c1[2H]. The molecule has 3 nitrogen and oxygen atoms in total. The molecular weight excluding hydrogens is 647 g/mol. The van der Waals surface area contributed by atoms with E-state index in [1.807, 2.05) is 84.9 Å². The molecule has 0 bridgehead atoms.